The summed E-state index contributed by atoms with van der Waals surface area (Å²) in [5.41, 5.74) is -1.17. The van der Waals surface area contributed by atoms with Crippen molar-refractivity contribution in [1.29, 1.82) is 0 Å². The van der Waals surface area contributed by atoms with Gasteiger partial charge in [-0.15, -0.1) is 0 Å². The maximum absolute atomic E-state index is 11.2. The number of phenols is 1. The maximum Gasteiger partial charge on any atom is 0.332 e. The van der Waals surface area contributed by atoms with Gasteiger partial charge in [0.25, 0.3) is 0 Å². The van der Waals surface area contributed by atoms with Crippen LogP contribution in [0.1, 0.15) is 12.5 Å². The van der Waals surface area contributed by atoms with Crippen LogP contribution in [0.5, 0.6) is 5.75 Å². The van der Waals surface area contributed by atoms with Crippen molar-refractivity contribution in [3.63, 3.8) is 0 Å². The predicted molar refractivity (Wildman–Crippen MR) is 63.1 cm³/mol. The number of phenolic OH excluding ortho intramolecular Hbond substituents is 1. The lowest BCUT2D eigenvalue weighted by molar-refractivity contribution is -0.149. The van der Waals surface area contributed by atoms with Crippen LogP contribution in [-0.2, 0) is 16.0 Å². The van der Waals surface area contributed by atoms with Crippen molar-refractivity contribution in [3.8, 4) is 5.75 Å². The summed E-state index contributed by atoms with van der Waals surface area (Å²) in [6.07, 6.45) is -0.0707. The van der Waals surface area contributed by atoms with Crippen LogP contribution in [0, 0.1) is 0 Å². The van der Waals surface area contributed by atoms with Crippen molar-refractivity contribution in [3.05, 3.63) is 29.8 Å². The van der Waals surface area contributed by atoms with Gasteiger partial charge in [0.2, 0.25) is 5.91 Å². The zero-order valence-corrected chi connectivity index (χ0v) is 9.88. The molecule has 98 valence electrons. The molecule has 0 aromatic heterocycles. The van der Waals surface area contributed by atoms with Crippen molar-refractivity contribution in [2.45, 2.75) is 18.9 Å². The molecule has 0 saturated carbocycles. The van der Waals surface area contributed by atoms with E-state index in [0.717, 1.165) is 0 Å². The zero-order chi connectivity index (χ0) is 13.8. The Morgan fingerprint density at radius 3 is 2.22 bits per heavy atom. The molecule has 4 N–H and O–H groups in total. The third-order valence-corrected chi connectivity index (χ3v) is 2.54. The van der Waals surface area contributed by atoms with E-state index in [1.54, 1.807) is 0 Å². The third-order valence-electron chi connectivity index (χ3n) is 2.54. The highest BCUT2D eigenvalue weighted by Crippen LogP contribution is 2.17. The standard InChI is InChI=1S/C12H15NO5/c1-8(15)13-12(7-14,11(17)18)6-9-2-4-10(16)5-3-9/h2-5,14,16H,6-7H2,1H3,(H,13,15)(H,17,18)/t12-/m0/s1. The minimum absolute atomic E-state index is 0.0585. The van der Waals surface area contributed by atoms with Crippen molar-refractivity contribution in [1.82, 2.24) is 5.32 Å². The van der Waals surface area contributed by atoms with E-state index in [0.29, 0.717) is 5.56 Å². The number of aliphatic hydroxyl groups is 1. The van der Waals surface area contributed by atoms with Crippen LogP contribution < -0.4 is 5.32 Å². The molecular formula is C12H15NO5. The van der Waals surface area contributed by atoms with Gasteiger partial charge in [-0.05, 0) is 17.7 Å². The average Bonchev–Trinajstić information content (AvgIpc) is 2.30. The monoisotopic (exact) mass is 253 g/mol. The fraction of sp³-hybridized carbons (Fsp3) is 0.333. The second-order valence-corrected chi connectivity index (χ2v) is 4.07. The smallest absolute Gasteiger partial charge is 0.332 e. The first-order valence-corrected chi connectivity index (χ1v) is 5.30. The van der Waals surface area contributed by atoms with Crippen LogP contribution >= 0.6 is 0 Å². The molecule has 0 heterocycles. The molecule has 0 bridgehead atoms. The molecule has 0 aliphatic carbocycles. The second-order valence-electron chi connectivity index (χ2n) is 4.07. The molecule has 6 nitrogen and oxygen atoms in total. The summed E-state index contributed by atoms with van der Waals surface area (Å²) in [6.45, 7) is 0.465. The fourth-order valence-electron chi connectivity index (χ4n) is 1.64. The number of nitrogens with one attached hydrogen (secondary N) is 1. The van der Waals surface area contributed by atoms with Gasteiger partial charge < -0.3 is 20.6 Å². The van der Waals surface area contributed by atoms with Crippen molar-refractivity contribution in [2.24, 2.45) is 0 Å². The largest absolute Gasteiger partial charge is 0.508 e. The minimum Gasteiger partial charge on any atom is -0.508 e. The number of hydrogen-bond donors (Lipinski definition) is 4. The van der Waals surface area contributed by atoms with Gasteiger partial charge in [0.05, 0.1) is 6.61 Å². The SMILES string of the molecule is CC(=O)N[C@](CO)(Cc1ccc(O)cc1)C(=O)O. The molecule has 0 unspecified atom stereocenters. The van der Waals surface area contributed by atoms with Crippen molar-refractivity contribution >= 4 is 11.9 Å². The molecule has 1 amide bonds. The van der Waals surface area contributed by atoms with Crippen molar-refractivity contribution in [2.75, 3.05) is 6.61 Å². The Morgan fingerprint density at radius 2 is 1.83 bits per heavy atom. The molecule has 1 rings (SSSR count). The van der Waals surface area contributed by atoms with E-state index in [4.69, 9.17) is 10.2 Å². The van der Waals surface area contributed by atoms with Gasteiger partial charge in [0.1, 0.15) is 5.75 Å². The fourth-order valence-corrected chi connectivity index (χ4v) is 1.64. The first kappa shape index (κ1) is 14.0. The summed E-state index contributed by atoms with van der Waals surface area (Å²) in [6, 6.07) is 5.88. The zero-order valence-electron chi connectivity index (χ0n) is 9.88. The Kier molecular flexibility index (Phi) is 4.28. The molecule has 1 atom stereocenters. The Balaban J connectivity index is 3.00. The van der Waals surface area contributed by atoms with Gasteiger partial charge >= 0.3 is 5.97 Å². The van der Waals surface area contributed by atoms with Crippen LogP contribution in [0.4, 0.5) is 0 Å². The number of aliphatic carboxylic acids is 1. The number of benzene rings is 1. The molecule has 6 heteroatoms. The first-order valence-electron chi connectivity index (χ1n) is 5.30. The Labute approximate surface area is 104 Å². The maximum atomic E-state index is 11.2. The second kappa shape index (κ2) is 5.50. The summed E-state index contributed by atoms with van der Waals surface area (Å²) >= 11 is 0. The van der Waals surface area contributed by atoms with E-state index in [1.807, 2.05) is 0 Å². The molecule has 0 radical (unpaired) electrons. The molecule has 18 heavy (non-hydrogen) atoms. The summed E-state index contributed by atoms with van der Waals surface area (Å²) in [5, 5.41) is 29.8. The number of carbonyl (C=O) groups is 2. The third kappa shape index (κ3) is 3.21. The summed E-state index contributed by atoms with van der Waals surface area (Å²) < 4.78 is 0. The van der Waals surface area contributed by atoms with E-state index < -0.39 is 24.0 Å². The van der Waals surface area contributed by atoms with Gasteiger partial charge in [-0.2, -0.15) is 0 Å². The number of carboxylic acids is 1. The van der Waals surface area contributed by atoms with E-state index in [-0.39, 0.29) is 12.2 Å². The molecule has 0 spiro atoms. The molecule has 0 saturated heterocycles. The quantitative estimate of drug-likeness (QED) is 0.585. The number of carboxylic acid groups (broad SMARTS) is 1. The lowest BCUT2D eigenvalue weighted by Gasteiger charge is -2.28. The van der Waals surface area contributed by atoms with E-state index >= 15 is 0 Å². The first-order chi connectivity index (χ1) is 8.39. The van der Waals surface area contributed by atoms with Crippen molar-refractivity contribution < 1.29 is 24.9 Å². The molecular weight excluding hydrogens is 238 g/mol. The highest BCUT2D eigenvalue weighted by atomic mass is 16.4. The van der Waals surface area contributed by atoms with Gasteiger partial charge in [-0.25, -0.2) is 4.79 Å². The molecule has 1 aromatic rings. The summed E-state index contributed by atoms with van der Waals surface area (Å²) in [5.74, 6) is -1.79. The Morgan fingerprint density at radius 1 is 1.28 bits per heavy atom. The van der Waals surface area contributed by atoms with Gasteiger partial charge in [-0.3, -0.25) is 4.79 Å². The molecule has 0 aliphatic heterocycles. The van der Waals surface area contributed by atoms with Crippen LogP contribution in [0.2, 0.25) is 0 Å². The van der Waals surface area contributed by atoms with Gasteiger partial charge in [-0.1, -0.05) is 12.1 Å². The Bertz CT molecular complexity index is 442. The normalized spacial score (nSPS) is 13.7. The van der Waals surface area contributed by atoms with Crippen LogP contribution in [0.15, 0.2) is 24.3 Å². The molecule has 1 aromatic carbocycles. The highest BCUT2D eigenvalue weighted by Gasteiger charge is 2.39. The Hall–Kier alpha value is -2.08. The lowest BCUT2D eigenvalue weighted by atomic mass is 9.91. The topological polar surface area (TPSA) is 107 Å². The summed E-state index contributed by atoms with van der Waals surface area (Å²) in [4.78, 5) is 22.3. The van der Waals surface area contributed by atoms with Gasteiger partial charge in [0, 0.05) is 13.3 Å². The minimum atomic E-state index is -1.75. The van der Waals surface area contributed by atoms with Crippen LogP contribution in [0.3, 0.4) is 0 Å². The van der Waals surface area contributed by atoms with E-state index in [9.17, 15) is 14.7 Å². The van der Waals surface area contributed by atoms with Crippen LogP contribution in [-0.4, -0.2) is 39.3 Å². The number of aromatic hydroxyl groups is 1. The summed E-state index contributed by atoms with van der Waals surface area (Å²) in [7, 11) is 0. The van der Waals surface area contributed by atoms with Crippen LogP contribution in [0.25, 0.3) is 0 Å². The lowest BCUT2D eigenvalue weighted by Crippen LogP contribution is -2.58. The van der Waals surface area contributed by atoms with E-state index in [2.05, 4.69) is 5.32 Å². The highest BCUT2D eigenvalue weighted by molar-refractivity contribution is 5.86. The number of rotatable bonds is 5. The number of hydrogen-bond acceptors (Lipinski definition) is 4. The number of carbonyl (C=O) groups excluding carboxylic acids is 1. The molecule has 0 aliphatic rings. The number of aliphatic hydroxyl groups excluding tert-OH is 1. The average molecular weight is 253 g/mol. The number of amides is 1. The van der Waals surface area contributed by atoms with E-state index in [1.165, 1.54) is 31.2 Å². The van der Waals surface area contributed by atoms with Gasteiger partial charge in [0.15, 0.2) is 5.54 Å². The molecule has 0 fully saturated rings. The predicted octanol–water partition coefficient (Wildman–Crippen LogP) is -0.114.